The average molecular weight is 287 g/mol. The lowest BCUT2D eigenvalue weighted by Gasteiger charge is -2.22. The van der Waals surface area contributed by atoms with Crippen LogP contribution in [0.3, 0.4) is 0 Å². The van der Waals surface area contributed by atoms with E-state index >= 15 is 0 Å². The molecule has 0 aromatic carbocycles. The minimum Gasteiger partial charge on any atom is -0.339 e. The Morgan fingerprint density at radius 2 is 2.00 bits per heavy atom. The fourth-order valence-electron chi connectivity index (χ4n) is 2.56. The Morgan fingerprint density at radius 1 is 1.19 bits per heavy atom. The highest BCUT2D eigenvalue weighted by molar-refractivity contribution is 5.18. The Hall–Kier alpha value is -1.71. The number of nitrogens with zero attached hydrogens (tertiary/aromatic N) is 3. The third-order valence-electron chi connectivity index (χ3n) is 3.53. The van der Waals surface area contributed by atoms with Crippen molar-refractivity contribution in [3.63, 3.8) is 0 Å². The second kappa shape index (κ2) is 6.83. The molecule has 2 aromatic heterocycles. The molecule has 2 rings (SSSR count). The van der Waals surface area contributed by atoms with Crippen molar-refractivity contribution in [2.75, 3.05) is 0 Å². The third kappa shape index (κ3) is 4.66. The summed E-state index contributed by atoms with van der Waals surface area (Å²) in [5, 5.41) is 3.97. The van der Waals surface area contributed by atoms with Crippen LogP contribution < -0.4 is 0 Å². The molecule has 0 radical (unpaired) electrons. The molecule has 4 heteroatoms. The second-order valence-corrected chi connectivity index (χ2v) is 6.38. The molecule has 0 saturated heterocycles. The predicted octanol–water partition coefficient (Wildman–Crippen LogP) is 3.79. The summed E-state index contributed by atoms with van der Waals surface area (Å²) < 4.78 is 5.32. The molecular weight excluding hydrogens is 262 g/mol. The molecule has 0 saturated carbocycles. The zero-order chi connectivity index (χ0) is 15.3. The predicted molar refractivity (Wildman–Crippen MR) is 83.1 cm³/mol. The highest BCUT2D eigenvalue weighted by Gasteiger charge is 2.23. The topological polar surface area (TPSA) is 51.8 Å². The van der Waals surface area contributed by atoms with Crippen molar-refractivity contribution in [1.82, 2.24) is 15.1 Å². The van der Waals surface area contributed by atoms with Crippen LogP contribution in [0.2, 0.25) is 0 Å². The first-order valence-corrected chi connectivity index (χ1v) is 7.77. The number of hydrogen-bond donors (Lipinski definition) is 0. The van der Waals surface area contributed by atoms with Gasteiger partial charge in [-0.2, -0.15) is 4.98 Å². The van der Waals surface area contributed by atoms with Crippen molar-refractivity contribution in [3.05, 3.63) is 41.3 Å². The van der Waals surface area contributed by atoms with E-state index in [2.05, 4.69) is 48.0 Å². The van der Waals surface area contributed by atoms with Crippen molar-refractivity contribution in [2.45, 2.75) is 59.8 Å². The molecule has 0 unspecified atom stereocenters. The normalized spacial score (nSPS) is 11.8. The maximum Gasteiger partial charge on any atom is 0.227 e. The van der Waals surface area contributed by atoms with Gasteiger partial charge in [0.2, 0.25) is 5.89 Å². The van der Waals surface area contributed by atoms with E-state index in [1.807, 2.05) is 13.1 Å². The Labute approximate surface area is 127 Å². The molecule has 0 fully saturated rings. The van der Waals surface area contributed by atoms with Gasteiger partial charge in [0.15, 0.2) is 5.82 Å². The lowest BCUT2D eigenvalue weighted by Crippen LogP contribution is -2.19. The van der Waals surface area contributed by atoms with Crippen LogP contribution in [0.25, 0.3) is 0 Å². The second-order valence-electron chi connectivity index (χ2n) is 6.38. The maximum atomic E-state index is 5.32. The molecule has 0 aliphatic carbocycles. The van der Waals surface area contributed by atoms with Crippen LogP contribution >= 0.6 is 0 Å². The molecular formula is C17H25N3O. The first-order valence-electron chi connectivity index (χ1n) is 7.77. The minimum absolute atomic E-state index is 0.0857. The van der Waals surface area contributed by atoms with E-state index in [1.54, 1.807) is 0 Å². The number of pyridine rings is 1. The fourth-order valence-corrected chi connectivity index (χ4v) is 2.56. The zero-order valence-corrected chi connectivity index (χ0v) is 13.5. The highest BCUT2D eigenvalue weighted by atomic mass is 16.5. The molecule has 114 valence electrons. The quantitative estimate of drug-likeness (QED) is 0.777. The highest BCUT2D eigenvalue weighted by Crippen LogP contribution is 2.26. The summed E-state index contributed by atoms with van der Waals surface area (Å²) in [6.07, 6.45) is 6.67. The van der Waals surface area contributed by atoms with Gasteiger partial charge in [0.05, 0.1) is 0 Å². The van der Waals surface area contributed by atoms with Gasteiger partial charge in [0.1, 0.15) is 0 Å². The van der Waals surface area contributed by atoms with Crippen molar-refractivity contribution >= 4 is 0 Å². The Kier molecular flexibility index (Phi) is 5.10. The summed E-state index contributed by atoms with van der Waals surface area (Å²) in [5.41, 5.74) is 2.59. The molecule has 2 heterocycles. The van der Waals surface area contributed by atoms with Gasteiger partial charge < -0.3 is 4.52 Å². The summed E-state index contributed by atoms with van der Waals surface area (Å²) in [4.78, 5) is 8.83. The van der Waals surface area contributed by atoms with Gasteiger partial charge >= 0.3 is 0 Å². The SMILES string of the molecule is CCCc1cc(CC(C)(C)Cc2nc(CC)no2)ccn1. The first-order chi connectivity index (χ1) is 10.0. The van der Waals surface area contributed by atoms with E-state index in [-0.39, 0.29) is 5.41 Å². The third-order valence-corrected chi connectivity index (χ3v) is 3.53. The summed E-state index contributed by atoms with van der Waals surface area (Å²) in [5.74, 6) is 1.52. The lowest BCUT2D eigenvalue weighted by atomic mass is 9.82. The minimum atomic E-state index is 0.0857. The maximum absolute atomic E-state index is 5.32. The summed E-state index contributed by atoms with van der Waals surface area (Å²) >= 11 is 0. The fraction of sp³-hybridized carbons (Fsp3) is 0.588. The molecule has 2 aromatic rings. The first kappa shape index (κ1) is 15.7. The van der Waals surface area contributed by atoms with Gasteiger partial charge in [-0.15, -0.1) is 0 Å². The number of hydrogen-bond acceptors (Lipinski definition) is 4. The van der Waals surface area contributed by atoms with Crippen molar-refractivity contribution in [1.29, 1.82) is 0 Å². The average Bonchev–Trinajstić information content (AvgIpc) is 2.85. The van der Waals surface area contributed by atoms with Gasteiger partial charge in [-0.05, 0) is 36.0 Å². The van der Waals surface area contributed by atoms with Crippen LogP contribution in [0.4, 0.5) is 0 Å². The van der Waals surface area contributed by atoms with E-state index < -0.39 is 0 Å². The molecule has 21 heavy (non-hydrogen) atoms. The molecule has 0 aliphatic heterocycles. The Balaban J connectivity index is 2.04. The standard InChI is InChI=1S/C17H25N3O/c1-5-7-14-10-13(8-9-18-14)11-17(3,4)12-16-19-15(6-2)20-21-16/h8-10H,5-7,11-12H2,1-4H3. The number of rotatable bonds is 7. The van der Waals surface area contributed by atoms with Crippen LogP contribution in [0.1, 0.15) is 57.1 Å². The molecule has 0 aliphatic rings. The van der Waals surface area contributed by atoms with Crippen LogP contribution in [-0.4, -0.2) is 15.1 Å². The van der Waals surface area contributed by atoms with Crippen LogP contribution in [0, 0.1) is 5.41 Å². The number of aromatic nitrogens is 3. The Morgan fingerprint density at radius 3 is 2.67 bits per heavy atom. The molecule has 0 amide bonds. The monoisotopic (exact) mass is 287 g/mol. The molecule has 0 atom stereocenters. The van der Waals surface area contributed by atoms with E-state index in [9.17, 15) is 0 Å². The molecule has 0 spiro atoms. The molecule has 0 N–H and O–H groups in total. The smallest absolute Gasteiger partial charge is 0.227 e. The summed E-state index contributed by atoms with van der Waals surface area (Å²) in [7, 11) is 0. The van der Waals surface area contributed by atoms with Crippen LogP contribution in [-0.2, 0) is 25.7 Å². The van der Waals surface area contributed by atoms with Crippen molar-refractivity contribution < 1.29 is 4.52 Å². The Bertz CT molecular complexity index is 575. The molecule has 0 bridgehead atoms. The largest absolute Gasteiger partial charge is 0.339 e. The van der Waals surface area contributed by atoms with E-state index in [0.717, 1.165) is 43.8 Å². The van der Waals surface area contributed by atoms with E-state index in [0.29, 0.717) is 0 Å². The van der Waals surface area contributed by atoms with Crippen molar-refractivity contribution in [3.8, 4) is 0 Å². The van der Waals surface area contributed by atoms with Crippen LogP contribution in [0.5, 0.6) is 0 Å². The van der Waals surface area contributed by atoms with Gasteiger partial charge in [0.25, 0.3) is 0 Å². The zero-order valence-electron chi connectivity index (χ0n) is 13.5. The summed E-state index contributed by atoms with van der Waals surface area (Å²) in [6, 6.07) is 4.32. The van der Waals surface area contributed by atoms with Crippen molar-refractivity contribution in [2.24, 2.45) is 5.41 Å². The lowest BCUT2D eigenvalue weighted by molar-refractivity contribution is 0.290. The van der Waals surface area contributed by atoms with Gasteiger partial charge in [0, 0.05) is 24.7 Å². The number of aryl methyl sites for hydroxylation is 2. The van der Waals surface area contributed by atoms with E-state index in [1.165, 1.54) is 11.3 Å². The van der Waals surface area contributed by atoms with Gasteiger partial charge in [-0.25, -0.2) is 0 Å². The van der Waals surface area contributed by atoms with Crippen LogP contribution in [0.15, 0.2) is 22.9 Å². The summed E-state index contributed by atoms with van der Waals surface area (Å²) in [6.45, 7) is 8.69. The van der Waals surface area contributed by atoms with E-state index in [4.69, 9.17) is 4.52 Å². The van der Waals surface area contributed by atoms with Gasteiger partial charge in [-0.3, -0.25) is 4.98 Å². The molecule has 4 nitrogen and oxygen atoms in total. The van der Waals surface area contributed by atoms with Gasteiger partial charge in [-0.1, -0.05) is 39.3 Å².